The zero-order valence-corrected chi connectivity index (χ0v) is 12.4. The van der Waals surface area contributed by atoms with Crippen LogP contribution in [0.3, 0.4) is 0 Å². The first-order chi connectivity index (χ1) is 9.70. The van der Waals surface area contributed by atoms with Crippen LogP contribution in [-0.4, -0.2) is 30.9 Å². The van der Waals surface area contributed by atoms with E-state index in [9.17, 15) is 4.79 Å². The van der Waals surface area contributed by atoms with E-state index >= 15 is 0 Å². The summed E-state index contributed by atoms with van der Waals surface area (Å²) in [5.41, 5.74) is 7.01. The smallest absolute Gasteiger partial charge is 0.227 e. The Morgan fingerprint density at radius 3 is 2.55 bits per heavy atom. The van der Waals surface area contributed by atoms with Crippen LogP contribution < -0.4 is 5.73 Å². The van der Waals surface area contributed by atoms with Crippen molar-refractivity contribution in [2.75, 3.05) is 20.1 Å². The third-order valence-electron chi connectivity index (χ3n) is 4.34. The van der Waals surface area contributed by atoms with Crippen molar-refractivity contribution in [3.8, 4) is 0 Å². The SMILES string of the molecule is CN(CC1CCCC1)C(=O)C(CN)Cc1ccccc1. The molecule has 1 atom stereocenters. The fourth-order valence-electron chi connectivity index (χ4n) is 3.15. The van der Waals surface area contributed by atoms with Crippen LogP contribution in [0.4, 0.5) is 0 Å². The van der Waals surface area contributed by atoms with Crippen LogP contribution in [0, 0.1) is 11.8 Å². The van der Waals surface area contributed by atoms with Crippen molar-refractivity contribution in [3.05, 3.63) is 35.9 Å². The van der Waals surface area contributed by atoms with Crippen molar-refractivity contribution in [3.63, 3.8) is 0 Å². The van der Waals surface area contributed by atoms with E-state index in [1.54, 1.807) is 0 Å². The lowest BCUT2D eigenvalue weighted by atomic mass is 9.97. The van der Waals surface area contributed by atoms with Gasteiger partial charge in [0.25, 0.3) is 0 Å². The highest BCUT2D eigenvalue weighted by molar-refractivity contribution is 5.79. The fraction of sp³-hybridized carbons (Fsp3) is 0.588. The van der Waals surface area contributed by atoms with Gasteiger partial charge in [-0.2, -0.15) is 0 Å². The Morgan fingerprint density at radius 2 is 1.95 bits per heavy atom. The molecule has 1 aromatic rings. The summed E-state index contributed by atoms with van der Waals surface area (Å²) in [6.45, 7) is 1.31. The van der Waals surface area contributed by atoms with Gasteiger partial charge >= 0.3 is 0 Å². The highest BCUT2D eigenvalue weighted by Crippen LogP contribution is 2.25. The summed E-state index contributed by atoms with van der Waals surface area (Å²) in [7, 11) is 1.92. The molecule has 20 heavy (non-hydrogen) atoms. The van der Waals surface area contributed by atoms with Crippen molar-refractivity contribution < 1.29 is 4.79 Å². The summed E-state index contributed by atoms with van der Waals surface area (Å²) >= 11 is 0. The molecule has 1 saturated carbocycles. The number of amides is 1. The van der Waals surface area contributed by atoms with Crippen molar-refractivity contribution in [1.29, 1.82) is 0 Å². The van der Waals surface area contributed by atoms with Gasteiger partial charge in [-0.25, -0.2) is 0 Å². The molecule has 3 heteroatoms. The van der Waals surface area contributed by atoms with Crippen molar-refractivity contribution in [2.45, 2.75) is 32.1 Å². The van der Waals surface area contributed by atoms with E-state index in [1.165, 1.54) is 31.2 Å². The molecule has 0 heterocycles. The second-order valence-corrected chi connectivity index (χ2v) is 5.99. The summed E-state index contributed by atoms with van der Waals surface area (Å²) in [6, 6.07) is 10.1. The molecule has 3 nitrogen and oxygen atoms in total. The van der Waals surface area contributed by atoms with Gasteiger partial charge in [-0.1, -0.05) is 43.2 Å². The van der Waals surface area contributed by atoms with E-state index in [1.807, 2.05) is 30.1 Å². The van der Waals surface area contributed by atoms with Gasteiger partial charge < -0.3 is 10.6 Å². The fourth-order valence-corrected chi connectivity index (χ4v) is 3.15. The predicted octanol–water partition coefficient (Wildman–Crippen LogP) is 2.45. The molecule has 1 aromatic carbocycles. The van der Waals surface area contributed by atoms with Crippen LogP contribution in [-0.2, 0) is 11.2 Å². The monoisotopic (exact) mass is 274 g/mol. The molecular formula is C17H26N2O. The largest absolute Gasteiger partial charge is 0.345 e. The van der Waals surface area contributed by atoms with Gasteiger partial charge in [0.05, 0.1) is 5.92 Å². The summed E-state index contributed by atoms with van der Waals surface area (Å²) in [5.74, 6) is 0.797. The van der Waals surface area contributed by atoms with E-state index in [4.69, 9.17) is 5.73 Å². The summed E-state index contributed by atoms with van der Waals surface area (Å²) in [6.07, 6.45) is 5.91. The molecule has 1 aliphatic carbocycles. The first-order valence-electron chi connectivity index (χ1n) is 7.69. The lowest BCUT2D eigenvalue weighted by molar-refractivity contribution is -0.134. The van der Waals surface area contributed by atoms with Crippen molar-refractivity contribution in [1.82, 2.24) is 4.90 Å². The minimum atomic E-state index is -0.0937. The Balaban J connectivity index is 1.90. The minimum absolute atomic E-state index is 0.0937. The number of rotatable bonds is 6. The Kier molecular flexibility index (Phi) is 5.60. The number of nitrogens with zero attached hydrogens (tertiary/aromatic N) is 1. The molecule has 0 radical (unpaired) electrons. The number of nitrogens with two attached hydrogens (primary N) is 1. The third kappa shape index (κ3) is 4.07. The van der Waals surface area contributed by atoms with Gasteiger partial charge in [0.1, 0.15) is 0 Å². The first kappa shape index (κ1) is 15.0. The average molecular weight is 274 g/mol. The molecule has 0 aromatic heterocycles. The molecule has 110 valence electrons. The maximum atomic E-state index is 12.5. The topological polar surface area (TPSA) is 46.3 Å². The summed E-state index contributed by atoms with van der Waals surface area (Å²) in [5, 5.41) is 0. The molecule has 0 bridgehead atoms. The Bertz CT molecular complexity index is 412. The zero-order valence-electron chi connectivity index (χ0n) is 12.4. The van der Waals surface area contributed by atoms with E-state index in [-0.39, 0.29) is 11.8 Å². The lowest BCUT2D eigenvalue weighted by Gasteiger charge is -2.25. The molecule has 1 unspecified atom stereocenters. The molecule has 1 fully saturated rings. The lowest BCUT2D eigenvalue weighted by Crippen LogP contribution is -2.39. The Hall–Kier alpha value is -1.35. The number of benzene rings is 1. The molecule has 1 aliphatic rings. The molecule has 0 spiro atoms. The summed E-state index contributed by atoms with van der Waals surface area (Å²) in [4.78, 5) is 14.4. The minimum Gasteiger partial charge on any atom is -0.345 e. The Morgan fingerprint density at radius 1 is 1.30 bits per heavy atom. The molecule has 0 aliphatic heterocycles. The molecule has 2 rings (SSSR count). The van der Waals surface area contributed by atoms with Crippen molar-refractivity contribution in [2.24, 2.45) is 17.6 Å². The quantitative estimate of drug-likeness (QED) is 0.866. The average Bonchev–Trinajstić information content (AvgIpc) is 2.98. The number of hydrogen-bond acceptors (Lipinski definition) is 2. The van der Waals surface area contributed by atoms with E-state index < -0.39 is 0 Å². The number of carbonyl (C=O) groups excluding carboxylic acids is 1. The van der Waals surface area contributed by atoms with Crippen LogP contribution in [0.2, 0.25) is 0 Å². The van der Waals surface area contributed by atoms with E-state index in [0.29, 0.717) is 12.5 Å². The molecular weight excluding hydrogens is 248 g/mol. The predicted molar refractivity (Wildman–Crippen MR) is 82.3 cm³/mol. The molecule has 2 N–H and O–H groups in total. The second-order valence-electron chi connectivity index (χ2n) is 5.99. The van der Waals surface area contributed by atoms with Crippen LogP contribution in [0.1, 0.15) is 31.2 Å². The second kappa shape index (κ2) is 7.44. The Labute approximate surface area is 122 Å². The number of hydrogen-bond donors (Lipinski definition) is 1. The molecule has 1 amide bonds. The van der Waals surface area contributed by atoms with Crippen molar-refractivity contribution >= 4 is 5.91 Å². The highest BCUT2D eigenvalue weighted by atomic mass is 16.2. The number of carbonyl (C=O) groups is 1. The zero-order chi connectivity index (χ0) is 14.4. The van der Waals surface area contributed by atoms with E-state index in [0.717, 1.165) is 13.0 Å². The highest BCUT2D eigenvalue weighted by Gasteiger charge is 2.24. The van der Waals surface area contributed by atoms with Gasteiger partial charge in [0.15, 0.2) is 0 Å². The molecule has 0 saturated heterocycles. The van der Waals surface area contributed by atoms with Gasteiger partial charge in [0.2, 0.25) is 5.91 Å². The van der Waals surface area contributed by atoms with E-state index in [2.05, 4.69) is 12.1 Å². The van der Waals surface area contributed by atoms with Crippen LogP contribution in [0.15, 0.2) is 30.3 Å². The van der Waals surface area contributed by atoms with Crippen LogP contribution in [0.5, 0.6) is 0 Å². The van der Waals surface area contributed by atoms with Crippen LogP contribution >= 0.6 is 0 Å². The van der Waals surface area contributed by atoms with Gasteiger partial charge in [-0.3, -0.25) is 4.79 Å². The van der Waals surface area contributed by atoms with Gasteiger partial charge in [-0.05, 0) is 30.7 Å². The van der Waals surface area contributed by atoms with Gasteiger partial charge in [0, 0.05) is 20.1 Å². The van der Waals surface area contributed by atoms with Crippen LogP contribution in [0.25, 0.3) is 0 Å². The summed E-state index contributed by atoms with van der Waals surface area (Å²) < 4.78 is 0. The third-order valence-corrected chi connectivity index (χ3v) is 4.34. The maximum absolute atomic E-state index is 12.5. The van der Waals surface area contributed by atoms with Gasteiger partial charge in [-0.15, -0.1) is 0 Å². The first-order valence-corrected chi connectivity index (χ1v) is 7.69. The maximum Gasteiger partial charge on any atom is 0.227 e. The standard InChI is InChI=1S/C17H26N2O/c1-19(13-15-9-5-6-10-15)17(20)16(12-18)11-14-7-3-2-4-8-14/h2-4,7-8,15-16H,5-6,9-13,18H2,1H3. The normalized spacial score (nSPS) is 17.1.